The van der Waals surface area contributed by atoms with E-state index in [1.54, 1.807) is 0 Å². The highest BCUT2D eigenvalue weighted by atomic mass is 15.3. The Morgan fingerprint density at radius 3 is 2.81 bits per heavy atom. The van der Waals surface area contributed by atoms with Crippen LogP contribution in [0.15, 0.2) is 18.2 Å². The summed E-state index contributed by atoms with van der Waals surface area (Å²) in [4.78, 5) is 5.31. The molecule has 4 rings (SSSR count). The second-order valence-electron chi connectivity index (χ2n) is 7.06. The van der Waals surface area contributed by atoms with Gasteiger partial charge in [-0.3, -0.25) is 4.90 Å². The fourth-order valence-electron chi connectivity index (χ4n) is 4.22. The Morgan fingerprint density at radius 2 is 1.95 bits per heavy atom. The lowest BCUT2D eigenvalue weighted by Gasteiger charge is -2.27. The van der Waals surface area contributed by atoms with Crippen LogP contribution in [-0.4, -0.2) is 43.2 Å². The first kappa shape index (κ1) is 13.4. The van der Waals surface area contributed by atoms with Crippen molar-refractivity contribution in [2.24, 2.45) is 0 Å². The van der Waals surface area contributed by atoms with Gasteiger partial charge in [-0.05, 0) is 75.9 Å². The van der Waals surface area contributed by atoms with Crippen LogP contribution >= 0.6 is 0 Å². The second-order valence-corrected chi connectivity index (χ2v) is 7.06. The molecule has 0 spiro atoms. The minimum absolute atomic E-state index is 0.620. The SMILES string of the molecule is CC1CCc2cc(N3CCC(N4CCCC4)C3)ccc2N1. The predicted octanol–water partition coefficient (Wildman–Crippen LogP) is 3.11. The fourth-order valence-corrected chi connectivity index (χ4v) is 4.22. The van der Waals surface area contributed by atoms with Gasteiger partial charge in [0.1, 0.15) is 0 Å². The summed E-state index contributed by atoms with van der Waals surface area (Å²) >= 11 is 0. The van der Waals surface area contributed by atoms with Crippen LogP contribution in [0, 0.1) is 0 Å². The van der Waals surface area contributed by atoms with E-state index in [0.717, 1.165) is 6.04 Å². The third kappa shape index (κ3) is 2.64. The highest BCUT2D eigenvalue weighted by Crippen LogP contribution is 2.31. The average molecular weight is 285 g/mol. The van der Waals surface area contributed by atoms with Crippen molar-refractivity contribution in [1.82, 2.24) is 4.90 Å². The molecule has 1 aromatic rings. The zero-order valence-corrected chi connectivity index (χ0v) is 13.1. The van der Waals surface area contributed by atoms with E-state index >= 15 is 0 Å². The molecular formula is C18H27N3. The molecule has 3 heteroatoms. The standard InChI is InChI=1S/C18H27N3/c1-14-4-5-15-12-16(6-7-18(15)19-14)21-11-8-17(13-21)20-9-2-3-10-20/h6-7,12,14,17,19H,2-5,8-11,13H2,1H3. The van der Waals surface area contributed by atoms with Gasteiger partial charge >= 0.3 is 0 Å². The molecule has 0 aromatic heterocycles. The Bertz CT molecular complexity index is 507. The number of nitrogens with zero attached hydrogens (tertiary/aromatic N) is 2. The largest absolute Gasteiger partial charge is 0.382 e. The van der Waals surface area contributed by atoms with Gasteiger partial charge in [0, 0.05) is 36.5 Å². The summed E-state index contributed by atoms with van der Waals surface area (Å²) in [6, 6.07) is 8.46. The van der Waals surface area contributed by atoms with E-state index in [2.05, 4.69) is 40.2 Å². The van der Waals surface area contributed by atoms with Crippen LogP contribution in [0.5, 0.6) is 0 Å². The van der Waals surface area contributed by atoms with E-state index in [0.29, 0.717) is 6.04 Å². The molecule has 0 aliphatic carbocycles. The molecule has 0 saturated carbocycles. The zero-order valence-electron chi connectivity index (χ0n) is 13.1. The number of hydrogen-bond acceptors (Lipinski definition) is 3. The van der Waals surface area contributed by atoms with Crippen LogP contribution in [0.2, 0.25) is 0 Å². The van der Waals surface area contributed by atoms with Crippen molar-refractivity contribution in [3.8, 4) is 0 Å². The first-order chi connectivity index (χ1) is 10.3. The van der Waals surface area contributed by atoms with Crippen molar-refractivity contribution < 1.29 is 0 Å². The summed E-state index contributed by atoms with van der Waals surface area (Å²) in [5.41, 5.74) is 4.30. The highest BCUT2D eigenvalue weighted by Gasteiger charge is 2.29. The van der Waals surface area contributed by atoms with Crippen molar-refractivity contribution in [2.45, 2.75) is 51.1 Å². The Labute approximate surface area is 128 Å². The van der Waals surface area contributed by atoms with Gasteiger partial charge in [0.2, 0.25) is 0 Å². The molecule has 3 heterocycles. The van der Waals surface area contributed by atoms with E-state index < -0.39 is 0 Å². The number of rotatable bonds is 2. The van der Waals surface area contributed by atoms with Crippen LogP contribution in [0.3, 0.4) is 0 Å². The lowest BCUT2D eigenvalue weighted by molar-refractivity contribution is 0.260. The zero-order chi connectivity index (χ0) is 14.2. The van der Waals surface area contributed by atoms with Crippen LogP contribution in [0.1, 0.15) is 38.2 Å². The van der Waals surface area contributed by atoms with Gasteiger partial charge in [-0.2, -0.15) is 0 Å². The minimum atomic E-state index is 0.620. The summed E-state index contributed by atoms with van der Waals surface area (Å²) < 4.78 is 0. The molecule has 3 nitrogen and oxygen atoms in total. The normalized spacial score (nSPS) is 29.5. The molecule has 3 aliphatic rings. The molecule has 0 bridgehead atoms. The topological polar surface area (TPSA) is 18.5 Å². The van der Waals surface area contributed by atoms with E-state index in [-0.39, 0.29) is 0 Å². The van der Waals surface area contributed by atoms with Gasteiger partial charge in [0.25, 0.3) is 0 Å². The molecule has 0 radical (unpaired) electrons. The molecule has 3 aliphatic heterocycles. The molecular weight excluding hydrogens is 258 g/mol. The Balaban J connectivity index is 1.47. The first-order valence-electron chi connectivity index (χ1n) is 8.68. The molecule has 2 saturated heterocycles. The van der Waals surface area contributed by atoms with Gasteiger partial charge in [-0.25, -0.2) is 0 Å². The Hall–Kier alpha value is -1.22. The van der Waals surface area contributed by atoms with Gasteiger partial charge < -0.3 is 10.2 Å². The smallest absolute Gasteiger partial charge is 0.0376 e. The number of nitrogens with one attached hydrogen (secondary N) is 1. The van der Waals surface area contributed by atoms with Crippen molar-refractivity contribution in [3.63, 3.8) is 0 Å². The quantitative estimate of drug-likeness (QED) is 0.901. The lowest BCUT2D eigenvalue weighted by Crippen LogP contribution is -2.35. The van der Waals surface area contributed by atoms with Crippen molar-refractivity contribution in [2.75, 3.05) is 36.4 Å². The molecule has 21 heavy (non-hydrogen) atoms. The van der Waals surface area contributed by atoms with Crippen LogP contribution in [0.25, 0.3) is 0 Å². The van der Waals surface area contributed by atoms with Crippen molar-refractivity contribution in [3.05, 3.63) is 23.8 Å². The van der Waals surface area contributed by atoms with E-state index in [4.69, 9.17) is 0 Å². The van der Waals surface area contributed by atoms with E-state index in [9.17, 15) is 0 Å². The molecule has 2 fully saturated rings. The second kappa shape index (κ2) is 5.53. The van der Waals surface area contributed by atoms with Gasteiger partial charge in [-0.15, -0.1) is 0 Å². The summed E-state index contributed by atoms with van der Waals surface area (Å²) in [6.45, 7) is 7.37. The van der Waals surface area contributed by atoms with Gasteiger partial charge in [0.15, 0.2) is 0 Å². The number of aryl methyl sites for hydroxylation is 1. The molecule has 2 unspecified atom stereocenters. The van der Waals surface area contributed by atoms with Crippen molar-refractivity contribution in [1.29, 1.82) is 0 Å². The number of anilines is 2. The predicted molar refractivity (Wildman–Crippen MR) is 89.3 cm³/mol. The first-order valence-corrected chi connectivity index (χ1v) is 8.68. The average Bonchev–Trinajstić information content (AvgIpc) is 3.17. The number of fused-ring (bicyclic) bond motifs is 1. The monoisotopic (exact) mass is 285 g/mol. The maximum atomic E-state index is 3.60. The third-order valence-electron chi connectivity index (χ3n) is 5.52. The third-order valence-corrected chi connectivity index (χ3v) is 5.52. The van der Waals surface area contributed by atoms with Crippen LogP contribution in [-0.2, 0) is 6.42 Å². The van der Waals surface area contributed by atoms with E-state index in [1.165, 1.54) is 75.2 Å². The molecule has 114 valence electrons. The summed E-state index contributed by atoms with van der Waals surface area (Å²) in [5.74, 6) is 0. The summed E-state index contributed by atoms with van der Waals surface area (Å²) in [7, 11) is 0. The van der Waals surface area contributed by atoms with Crippen LogP contribution < -0.4 is 10.2 Å². The van der Waals surface area contributed by atoms with Gasteiger partial charge in [0.05, 0.1) is 0 Å². The molecule has 1 N–H and O–H groups in total. The summed E-state index contributed by atoms with van der Waals surface area (Å²) in [5, 5.41) is 3.60. The molecule has 2 atom stereocenters. The molecule has 0 amide bonds. The Kier molecular flexibility index (Phi) is 3.54. The van der Waals surface area contributed by atoms with Gasteiger partial charge in [-0.1, -0.05) is 0 Å². The van der Waals surface area contributed by atoms with Crippen molar-refractivity contribution >= 4 is 11.4 Å². The number of benzene rings is 1. The number of likely N-dealkylation sites (tertiary alicyclic amines) is 1. The maximum absolute atomic E-state index is 3.60. The summed E-state index contributed by atoms with van der Waals surface area (Å²) in [6.07, 6.45) is 6.62. The number of hydrogen-bond donors (Lipinski definition) is 1. The fraction of sp³-hybridized carbons (Fsp3) is 0.667. The Morgan fingerprint density at radius 1 is 1.10 bits per heavy atom. The minimum Gasteiger partial charge on any atom is -0.382 e. The molecule has 1 aromatic carbocycles. The highest BCUT2D eigenvalue weighted by molar-refractivity contribution is 5.62. The lowest BCUT2D eigenvalue weighted by atomic mass is 9.98. The van der Waals surface area contributed by atoms with E-state index in [1.807, 2.05) is 0 Å². The van der Waals surface area contributed by atoms with Crippen LogP contribution in [0.4, 0.5) is 11.4 Å². The maximum Gasteiger partial charge on any atom is 0.0376 e.